The smallest absolute Gasteiger partial charge is 0.471 e. The van der Waals surface area contributed by atoms with Gasteiger partial charge < -0.3 is 14.8 Å². The van der Waals surface area contributed by atoms with Crippen LogP contribution in [-0.4, -0.2) is 25.2 Å². The molecule has 0 spiro atoms. The molecule has 0 aliphatic heterocycles. The van der Waals surface area contributed by atoms with Crippen LogP contribution in [0.15, 0.2) is 72.8 Å². The number of carbonyl (C=O) groups is 2. The lowest BCUT2D eigenvalue weighted by atomic mass is 10.0. The summed E-state index contributed by atoms with van der Waals surface area (Å²) in [7, 11) is 1.32. The lowest BCUT2D eigenvalue weighted by molar-refractivity contribution is -0.167. The number of esters is 1. The summed E-state index contributed by atoms with van der Waals surface area (Å²) in [5, 5.41) is 1.89. The van der Waals surface area contributed by atoms with E-state index in [1.165, 1.54) is 19.2 Å². The zero-order valence-electron chi connectivity index (χ0n) is 18.5. The quantitative estimate of drug-likeness (QED) is 0.405. The van der Waals surface area contributed by atoms with Crippen molar-refractivity contribution in [2.75, 3.05) is 12.4 Å². The van der Waals surface area contributed by atoms with E-state index in [2.05, 4.69) is 4.74 Å². The van der Waals surface area contributed by atoms with E-state index in [9.17, 15) is 22.8 Å². The first-order valence-electron chi connectivity index (χ1n) is 10.6. The number of alkyl halides is 3. The molecule has 3 aromatic carbocycles. The minimum Gasteiger partial charge on any atom is -0.489 e. The highest BCUT2D eigenvalue weighted by molar-refractivity contribution is 5.95. The molecule has 0 bridgehead atoms. The number of halogens is 3. The Kier molecular flexibility index (Phi) is 8.29. The molecule has 0 fully saturated rings. The molecule has 0 heterocycles. The number of benzene rings is 3. The number of nitrogens with one attached hydrogen (secondary N) is 1. The van der Waals surface area contributed by atoms with Gasteiger partial charge in [-0.2, -0.15) is 13.2 Å². The zero-order valence-corrected chi connectivity index (χ0v) is 18.5. The van der Waals surface area contributed by atoms with Crippen molar-refractivity contribution in [2.45, 2.75) is 32.0 Å². The summed E-state index contributed by atoms with van der Waals surface area (Å²) in [6, 6.07) is 21.0. The molecule has 178 valence electrons. The molecule has 34 heavy (non-hydrogen) atoms. The molecule has 8 heteroatoms. The molecular weight excluding hydrogens is 447 g/mol. The predicted molar refractivity (Wildman–Crippen MR) is 122 cm³/mol. The SMILES string of the molecule is COC(=O)c1ccc(CCCc2cc(NC(=O)C(F)(F)F)ccc2OCc2ccccc2)cc1. The van der Waals surface area contributed by atoms with E-state index in [1.54, 1.807) is 18.2 Å². The number of amides is 1. The van der Waals surface area contributed by atoms with Crippen LogP contribution in [0.4, 0.5) is 18.9 Å². The Morgan fingerprint density at radius 1 is 0.882 bits per heavy atom. The zero-order chi connectivity index (χ0) is 24.6. The second-order valence-electron chi connectivity index (χ2n) is 7.59. The highest BCUT2D eigenvalue weighted by Crippen LogP contribution is 2.27. The van der Waals surface area contributed by atoms with Gasteiger partial charge in [0.1, 0.15) is 12.4 Å². The number of carbonyl (C=O) groups excluding carboxylic acids is 2. The summed E-state index contributed by atoms with van der Waals surface area (Å²) in [5.74, 6) is -1.90. The summed E-state index contributed by atoms with van der Waals surface area (Å²) in [6.45, 7) is 0.303. The van der Waals surface area contributed by atoms with Crippen LogP contribution < -0.4 is 10.1 Å². The van der Waals surface area contributed by atoms with Gasteiger partial charge in [0.15, 0.2) is 0 Å². The minimum atomic E-state index is -4.97. The van der Waals surface area contributed by atoms with Crippen molar-refractivity contribution in [3.63, 3.8) is 0 Å². The van der Waals surface area contributed by atoms with Crippen molar-refractivity contribution >= 4 is 17.6 Å². The summed E-state index contributed by atoms with van der Waals surface area (Å²) in [5.41, 5.74) is 3.14. The van der Waals surface area contributed by atoms with Crippen molar-refractivity contribution in [3.05, 3.63) is 95.1 Å². The number of aryl methyl sites for hydroxylation is 2. The highest BCUT2D eigenvalue weighted by Gasteiger charge is 2.38. The molecule has 3 aromatic rings. The third-order valence-electron chi connectivity index (χ3n) is 5.10. The Bertz CT molecular complexity index is 1110. The van der Waals surface area contributed by atoms with Crippen molar-refractivity contribution in [2.24, 2.45) is 0 Å². The molecule has 0 aromatic heterocycles. The number of anilines is 1. The molecule has 5 nitrogen and oxygen atoms in total. The first-order valence-corrected chi connectivity index (χ1v) is 10.6. The lowest BCUT2D eigenvalue weighted by Gasteiger charge is -2.15. The molecule has 3 rings (SSSR count). The molecule has 0 saturated heterocycles. The summed E-state index contributed by atoms with van der Waals surface area (Å²) in [6.07, 6.45) is -3.10. The maximum atomic E-state index is 12.6. The number of rotatable bonds is 9. The lowest BCUT2D eigenvalue weighted by Crippen LogP contribution is -2.29. The van der Waals surface area contributed by atoms with Gasteiger partial charge in [-0.1, -0.05) is 42.5 Å². The first kappa shape index (κ1) is 24.8. The number of hydrogen-bond donors (Lipinski definition) is 1. The molecule has 0 saturated carbocycles. The topological polar surface area (TPSA) is 64.6 Å². The molecule has 0 radical (unpaired) electrons. The van der Waals surface area contributed by atoms with Gasteiger partial charge in [0, 0.05) is 5.69 Å². The molecular formula is C26H24F3NO4. The van der Waals surface area contributed by atoms with Crippen LogP contribution in [0, 0.1) is 0 Å². The van der Waals surface area contributed by atoms with Crippen LogP contribution >= 0.6 is 0 Å². The average molecular weight is 471 g/mol. The fourth-order valence-corrected chi connectivity index (χ4v) is 3.34. The Hall–Kier alpha value is -3.81. The van der Waals surface area contributed by atoms with E-state index in [0.29, 0.717) is 42.7 Å². The van der Waals surface area contributed by atoms with Crippen LogP contribution in [0.5, 0.6) is 5.75 Å². The van der Waals surface area contributed by atoms with Gasteiger partial charge in [-0.3, -0.25) is 4.79 Å². The van der Waals surface area contributed by atoms with E-state index in [1.807, 2.05) is 47.8 Å². The van der Waals surface area contributed by atoms with Crippen LogP contribution in [0.1, 0.15) is 33.5 Å². The third-order valence-corrected chi connectivity index (χ3v) is 5.10. The normalized spacial score (nSPS) is 11.1. The van der Waals surface area contributed by atoms with Gasteiger partial charge in [-0.25, -0.2) is 4.79 Å². The number of ether oxygens (including phenoxy) is 2. The second-order valence-corrected chi connectivity index (χ2v) is 7.59. The van der Waals surface area contributed by atoms with Crippen LogP contribution in [0.2, 0.25) is 0 Å². The molecule has 1 amide bonds. The first-order chi connectivity index (χ1) is 16.3. The van der Waals surface area contributed by atoms with Crippen LogP contribution in [-0.2, 0) is 29.0 Å². The van der Waals surface area contributed by atoms with Gasteiger partial charge in [0.2, 0.25) is 0 Å². The Morgan fingerprint density at radius 2 is 1.59 bits per heavy atom. The maximum absolute atomic E-state index is 12.6. The minimum absolute atomic E-state index is 0.0480. The van der Waals surface area contributed by atoms with Gasteiger partial charge in [0.25, 0.3) is 0 Å². The van der Waals surface area contributed by atoms with Crippen molar-refractivity contribution in [1.29, 1.82) is 0 Å². The molecule has 0 aliphatic carbocycles. The second kappa shape index (κ2) is 11.4. The van der Waals surface area contributed by atoms with Crippen molar-refractivity contribution in [1.82, 2.24) is 0 Å². The number of hydrogen-bond acceptors (Lipinski definition) is 4. The summed E-state index contributed by atoms with van der Waals surface area (Å²) >= 11 is 0. The van der Waals surface area contributed by atoms with Crippen molar-refractivity contribution in [3.8, 4) is 5.75 Å². The van der Waals surface area contributed by atoms with Gasteiger partial charge in [-0.15, -0.1) is 0 Å². The Labute approximate surface area is 195 Å². The van der Waals surface area contributed by atoms with Gasteiger partial charge >= 0.3 is 18.1 Å². The van der Waals surface area contributed by atoms with E-state index in [-0.39, 0.29) is 5.69 Å². The fourth-order valence-electron chi connectivity index (χ4n) is 3.34. The van der Waals surface area contributed by atoms with Crippen LogP contribution in [0.25, 0.3) is 0 Å². The summed E-state index contributed by atoms with van der Waals surface area (Å²) in [4.78, 5) is 22.9. The van der Waals surface area contributed by atoms with Crippen LogP contribution in [0.3, 0.4) is 0 Å². The predicted octanol–water partition coefficient (Wildman–Crippen LogP) is 5.73. The van der Waals surface area contributed by atoms with E-state index in [0.717, 1.165) is 11.1 Å². The number of methoxy groups -OCH3 is 1. The van der Waals surface area contributed by atoms with E-state index >= 15 is 0 Å². The highest BCUT2D eigenvalue weighted by atomic mass is 19.4. The molecule has 0 unspecified atom stereocenters. The van der Waals surface area contributed by atoms with Gasteiger partial charge in [0.05, 0.1) is 12.7 Å². The average Bonchev–Trinajstić information content (AvgIpc) is 2.83. The summed E-state index contributed by atoms with van der Waals surface area (Å²) < 4.78 is 48.6. The third kappa shape index (κ3) is 7.10. The molecule has 1 N–H and O–H groups in total. The largest absolute Gasteiger partial charge is 0.489 e. The molecule has 0 atom stereocenters. The van der Waals surface area contributed by atoms with Crippen molar-refractivity contribution < 1.29 is 32.2 Å². The Morgan fingerprint density at radius 3 is 2.24 bits per heavy atom. The van der Waals surface area contributed by atoms with E-state index < -0.39 is 18.1 Å². The standard InChI is InChI=1S/C26H24F3NO4/c1-33-24(31)20-12-10-18(11-13-20)8-5-9-21-16-22(30-25(32)26(27,28)29)14-15-23(21)34-17-19-6-3-2-4-7-19/h2-4,6-7,10-16H,5,8-9,17H2,1H3,(H,30,32). The maximum Gasteiger partial charge on any atom is 0.471 e. The molecule has 0 aliphatic rings. The monoisotopic (exact) mass is 471 g/mol. The van der Waals surface area contributed by atoms with Gasteiger partial charge in [-0.05, 0) is 66.3 Å². The van der Waals surface area contributed by atoms with E-state index in [4.69, 9.17) is 4.74 Å². The Balaban J connectivity index is 1.71. The fraction of sp³-hybridized carbons (Fsp3) is 0.231.